The van der Waals surface area contributed by atoms with Gasteiger partial charge in [0.1, 0.15) is 18.2 Å². The van der Waals surface area contributed by atoms with E-state index in [-0.39, 0.29) is 0 Å². The number of rotatable bonds is 6. The standard InChI is InChI=1S/C16H22N4O/c1-11(2)12-5-7-13(8-6-12)18-15-9-14(17-3)19-16(20-15)10-21-4/h5-9,11H,10H2,1-4H3,(H2,17,18,19,20). The lowest BCUT2D eigenvalue weighted by atomic mass is 10.0. The second kappa shape index (κ2) is 7.04. The molecule has 112 valence electrons. The minimum atomic E-state index is 0.385. The van der Waals surface area contributed by atoms with Gasteiger partial charge in [-0.1, -0.05) is 26.0 Å². The van der Waals surface area contributed by atoms with E-state index in [0.29, 0.717) is 18.3 Å². The molecule has 21 heavy (non-hydrogen) atoms. The quantitative estimate of drug-likeness (QED) is 0.850. The maximum atomic E-state index is 5.09. The third kappa shape index (κ3) is 4.16. The average Bonchev–Trinajstić information content (AvgIpc) is 2.48. The van der Waals surface area contributed by atoms with Crippen LogP contribution in [0.25, 0.3) is 0 Å². The zero-order chi connectivity index (χ0) is 15.2. The van der Waals surface area contributed by atoms with E-state index in [0.717, 1.165) is 17.3 Å². The van der Waals surface area contributed by atoms with E-state index in [1.807, 2.05) is 13.1 Å². The number of aromatic nitrogens is 2. The first-order chi connectivity index (χ1) is 10.1. The molecule has 0 aliphatic carbocycles. The fourth-order valence-corrected chi connectivity index (χ4v) is 1.98. The fourth-order valence-electron chi connectivity index (χ4n) is 1.98. The van der Waals surface area contributed by atoms with Crippen molar-refractivity contribution in [3.05, 3.63) is 41.7 Å². The number of methoxy groups -OCH3 is 1. The Balaban J connectivity index is 2.19. The predicted octanol–water partition coefficient (Wildman–Crippen LogP) is 3.53. The summed E-state index contributed by atoms with van der Waals surface area (Å²) in [4.78, 5) is 8.77. The van der Waals surface area contributed by atoms with Crippen molar-refractivity contribution in [3.8, 4) is 0 Å². The van der Waals surface area contributed by atoms with E-state index in [1.165, 1.54) is 5.56 Å². The van der Waals surface area contributed by atoms with Crippen molar-refractivity contribution in [3.63, 3.8) is 0 Å². The monoisotopic (exact) mass is 286 g/mol. The van der Waals surface area contributed by atoms with Gasteiger partial charge in [0.05, 0.1) is 0 Å². The molecule has 5 nitrogen and oxygen atoms in total. The van der Waals surface area contributed by atoms with Gasteiger partial charge in [0.25, 0.3) is 0 Å². The highest BCUT2D eigenvalue weighted by Crippen LogP contribution is 2.21. The SMILES string of the molecule is CNc1cc(Nc2ccc(C(C)C)cc2)nc(COC)n1. The zero-order valence-corrected chi connectivity index (χ0v) is 13.0. The van der Waals surface area contributed by atoms with Gasteiger partial charge in [-0.25, -0.2) is 9.97 Å². The van der Waals surface area contributed by atoms with E-state index in [9.17, 15) is 0 Å². The largest absolute Gasteiger partial charge is 0.377 e. The van der Waals surface area contributed by atoms with E-state index < -0.39 is 0 Å². The molecular formula is C16H22N4O. The maximum Gasteiger partial charge on any atom is 0.158 e. The number of hydrogen-bond acceptors (Lipinski definition) is 5. The number of nitrogens with one attached hydrogen (secondary N) is 2. The Morgan fingerprint density at radius 3 is 2.33 bits per heavy atom. The van der Waals surface area contributed by atoms with Crippen LogP contribution < -0.4 is 10.6 Å². The van der Waals surface area contributed by atoms with Crippen molar-refractivity contribution in [2.45, 2.75) is 26.4 Å². The van der Waals surface area contributed by atoms with Crippen molar-refractivity contribution in [2.75, 3.05) is 24.8 Å². The first-order valence-corrected chi connectivity index (χ1v) is 7.04. The van der Waals surface area contributed by atoms with Gasteiger partial charge in [-0.05, 0) is 23.6 Å². The van der Waals surface area contributed by atoms with Crippen LogP contribution in [0.4, 0.5) is 17.3 Å². The van der Waals surface area contributed by atoms with Crippen molar-refractivity contribution < 1.29 is 4.74 Å². The molecule has 1 heterocycles. The third-order valence-corrected chi connectivity index (χ3v) is 3.15. The molecule has 1 aromatic carbocycles. The number of anilines is 3. The Hall–Kier alpha value is -2.14. The maximum absolute atomic E-state index is 5.09. The van der Waals surface area contributed by atoms with Crippen LogP contribution in [0.5, 0.6) is 0 Å². The summed E-state index contributed by atoms with van der Waals surface area (Å²) in [6.07, 6.45) is 0. The van der Waals surface area contributed by atoms with Crippen molar-refractivity contribution in [1.82, 2.24) is 9.97 Å². The molecule has 0 radical (unpaired) electrons. The lowest BCUT2D eigenvalue weighted by Crippen LogP contribution is -2.04. The molecule has 0 aliphatic heterocycles. The Kier molecular flexibility index (Phi) is 5.11. The minimum Gasteiger partial charge on any atom is -0.377 e. The van der Waals surface area contributed by atoms with Crippen LogP contribution in [-0.2, 0) is 11.3 Å². The fraction of sp³-hybridized carbons (Fsp3) is 0.375. The van der Waals surface area contributed by atoms with Crippen LogP contribution >= 0.6 is 0 Å². The van der Waals surface area contributed by atoms with Crippen molar-refractivity contribution in [2.24, 2.45) is 0 Å². The van der Waals surface area contributed by atoms with Gasteiger partial charge < -0.3 is 15.4 Å². The second-order valence-electron chi connectivity index (χ2n) is 5.14. The molecule has 0 saturated carbocycles. The second-order valence-corrected chi connectivity index (χ2v) is 5.14. The summed E-state index contributed by atoms with van der Waals surface area (Å²) in [7, 11) is 3.47. The van der Waals surface area contributed by atoms with Crippen LogP contribution in [-0.4, -0.2) is 24.1 Å². The lowest BCUT2D eigenvalue weighted by molar-refractivity contribution is 0.178. The molecule has 2 N–H and O–H groups in total. The number of benzene rings is 1. The summed E-state index contributed by atoms with van der Waals surface area (Å²) in [6, 6.07) is 10.3. The topological polar surface area (TPSA) is 59.1 Å². The molecule has 0 spiro atoms. The molecule has 0 amide bonds. The first-order valence-electron chi connectivity index (χ1n) is 7.04. The molecule has 0 fully saturated rings. The van der Waals surface area contributed by atoms with E-state index in [2.05, 4.69) is 58.7 Å². The summed E-state index contributed by atoms with van der Waals surface area (Å²) in [6.45, 7) is 4.75. The Bertz CT molecular complexity index is 581. The number of nitrogens with zero attached hydrogens (tertiary/aromatic N) is 2. The van der Waals surface area contributed by atoms with E-state index in [1.54, 1.807) is 7.11 Å². The van der Waals surface area contributed by atoms with Gasteiger partial charge in [0.15, 0.2) is 5.82 Å². The average molecular weight is 286 g/mol. The molecule has 0 aliphatic rings. The highest BCUT2D eigenvalue weighted by atomic mass is 16.5. The normalized spacial score (nSPS) is 10.7. The van der Waals surface area contributed by atoms with Gasteiger partial charge in [0, 0.05) is 25.9 Å². The first kappa shape index (κ1) is 15.3. The lowest BCUT2D eigenvalue weighted by Gasteiger charge is -2.11. The molecule has 5 heteroatoms. The Labute approximate surface area is 125 Å². The summed E-state index contributed by atoms with van der Waals surface area (Å²) in [5.74, 6) is 2.69. The predicted molar refractivity (Wildman–Crippen MR) is 86.1 cm³/mol. The van der Waals surface area contributed by atoms with Crippen LogP contribution in [0.15, 0.2) is 30.3 Å². The van der Waals surface area contributed by atoms with Crippen molar-refractivity contribution >= 4 is 17.3 Å². The molecule has 0 unspecified atom stereocenters. The zero-order valence-electron chi connectivity index (χ0n) is 13.0. The smallest absolute Gasteiger partial charge is 0.158 e. The summed E-state index contributed by atoms with van der Waals surface area (Å²) in [5.41, 5.74) is 2.32. The van der Waals surface area contributed by atoms with E-state index >= 15 is 0 Å². The number of ether oxygens (including phenoxy) is 1. The van der Waals surface area contributed by atoms with Crippen LogP contribution in [0.2, 0.25) is 0 Å². The highest BCUT2D eigenvalue weighted by Gasteiger charge is 2.05. The molecule has 0 saturated heterocycles. The van der Waals surface area contributed by atoms with E-state index in [4.69, 9.17) is 4.74 Å². The number of hydrogen-bond donors (Lipinski definition) is 2. The van der Waals surface area contributed by atoms with Gasteiger partial charge in [0.2, 0.25) is 0 Å². The summed E-state index contributed by atoms with van der Waals surface area (Å²) < 4.78 is 5.09. The minimum absolute atomic E-state index is 0.385. The molecule has 0 atom stereocenters. The van der Waals surface area contributed by atoms with Crippen molar-refractivity contribution in [1.29, 1.82) is 0 Å². The summed E-state index contributed by atoms with van der Waals surface area (Å²) in [5, 5.41) is 6.33. The van der Waals surface area contributed by atoms with Crippen LogP contribution in [0, 0.1) is 0 Å². The molecule has 2 rings (SSSR count). The summed E-state index contributed by atoms with van der Waals surface area (Å²) >= 11 is 0. The molecular weight excluding hydrogens is 264 g/mol. The van der Waals surface area contributed by atoms with Gasteiger partial charge >= 0.3 is 0 Å². The highest BCUT2D eigenvalue weighted by molar-refractivity contribution is 5.59. The Morgan fingerprint density at radius 2 is 1.76 bits per heavy atom. The third-order valence-electron chi connectivity index (χ3n) is 3.15. The molecule has 2 aromatic rings. The molecule has 1 aromatic heterocycles. The van der Waals surface area contributed by atoms with Gasteiger partial charge in [-0.2, -0.15) is 0 Å². The Morgan fingerprint density at radius 1 is 1.10 bits per heavy atom. The van der Waals surface area contributed by atoms with Gasteiger partial charge in [-0.15, -0.1) is 0 Å². The van der Waals surface area contributed by atoms with Gasteiger partial charge in [-0.3, -0.25) is 0 Å². The van der Waals surface area contributed by atoms with Crippen LogP contribution in [0.1, 0.15) is 31.2 Å². The molecule has 0 bridgehead atoms. The van der Waals surface area contributed by atoms with Crippen LogP contribution in [0.3, 0.4) is 0 Å².